The summed E-state index contributed by atoms with van der Waals surface area (Å²) in [4.78, 5) is 63.2. The molecule has 0 bridgehead atoms. The largest absolute Gasteiger partial charge is 0.465 e. The number of imide groups is 1. The van der Waals surface area contributed by atoms with Crippen LogP contribution < -0.4 is 5.32 Å². The molecule has 182 valence electrons. The summed E-state index contributed by atoms with van der Waals surface area (Å²) >= 11 is 0. The van der Waals surface area contributed by atoms with Crippen molar-refractivity contribution in [3.63, 3.8) is 0 Å². The Labute approximate surface area is 206 Å². The molecule has 1 atom stereocenters. The SMILES string of the molecule is COC(=O)c1ccc(NC(=O)COC(=O)c2ccc3c(c2)C(=O)N([C@@H](C)c2ccccc2)C3=O)cc1. The second-order valence-corrected chi connectivity index (χ2v) is 8.02. The highest BCUT2D eigenvalue weighted by atomic mass is 16.5. The lowest BCUT2D eigenvalue weighted by Crippen LogP contribution is -2.32. The van der Waals surface area contributed by atoms with E-state index in [2.05, 4.69) is 10.1 Å². The van der Waals surface area contributed by atoms with Crippen molar-refractivity contribution in [1.82, 2.24) is 4.90 Å². The van der Waals surface area contributed by atoms with Crippen LogP contribution in [-0.4, -0.2) is 48.3 Å². The maximum absolute atomic E-state index is 13.0. The van der Waals surface area contributed by atoms with Gasteiger partial charge in [0.1, 0.15) is 0 Å². The van der Waals surface area contributed by atoms with Gasteiger partial charge in [-0.3, -0.25) is 19.3 Å². The van der Waals surface area contributed by atoms with Gasteiger partial charge < -0.3 is 14.8 Å². The van der Waals surface area contributed by atoms with Crippen molar-refractivity contribution >= 4 is 35.3 Å². The van der Waals surface area contributed by atoms with E-state index >= 15 is 0 Å². The van der Waals surface area contributed by atoms with Gasteiger partial charge in [-0.1, -0.05) is 30.3 Å². The van der Waals surface area contributed by atoms with Gasteiger partial charge in [-0.15, -0.1) is 0 Å². The van der Waals surface area contributed by atoms with Gasteiger partial charge in [0, 0.05) is 5.69 Å². The number of carbonyl (C=O) groups is 5. The first-order chi connectivity index (χ1) is 17.3. The lowest BCUT2D eigenvalue weighted by atomic mass is 10.1. The number of amides is 3. The normalized spacial score (nSPS) is 13.1. The van der Waals surface area contributed by atoms with E-state index in [0.29, 0.717) is 11.3 Å². The number of anilines is 1. The summed E-state index contributed by atoms with van der Waals surface area (Å²) in [5, 5.41) is 2.55. The highest BCUT2D eigenvalue weighted by Crippen LogP contribution is 2.31. The molecule has 0 fully saturated rings. The Hall–Kier alpha value is -4.79. The molecule has 1 aliphatic heterocycles. The van der Waals surface area contributed by atoms with Gasteiger partial charge in [0.05, 0.1) is 35.4 Å². The number of nitrogens with zero attached hydrogens (tertiary/aromatic N) is 1. The fraction of sp³-hybridized carbons (Fsp3) is 0.148. The Morgan fingerprint density at radius 2 is 1.47 bits per heavy atom. The van der Waals surface area contributed by atoms with Crippen LogP contribution in [0.3, 0.4) is 0 Å². The van der Waals surface area contributed by atoms with Crippen LogP contribution in [0.15, 0.2) is 72.8 Å². The number of rotatable bonds is 7. The first kappa shape index (κ1) is 24.3. The van der Waals surface area contributed by atoms with Gasteiger partial charge in [0.2, 0.25) is 0 Å². The number of carbonyl (C=O) groups excluding carboxylic acids is 5. The molecule has 4 rings (SSSR count). The molecule has 3 amide bonds. The average Bonchev–Trinajstić information content (AvgIpc) is 3.16. The quantitative estimate of drug-likeness (QED) is 0.400. The summed E-state index contributed by atoms with van der Waals surface area (Å²) in [5.74, 6) is -2.86. The minimum absolute atomic E-state index is 0.0411. The van der Waals surface area contributed by atoms with E-state index in [4.69, 9.17) is 4.74 Å². The smallest absolute Gasteiger partial charge is 0.338 e. The number of benzene rings is 3. The molecule has 0 radical (unpaired) electrons. The molecule has 9 nitrogen and oxygen atoms in total. The molecule has 36 heavy (non-hydrogen) atoms. The van der Waals surface area contributed by atoms with E-state index in [1.165, 1.54) is 49.6 Å². The van der Waals surface area contributed by atoms with Crippen molar-refractivity contribution in [2.24, 2.45) is 0 Å². The van der Waals surface area contributed by atoms with E-state index in [1.54, 1.807) is 6.92 Å². The molecular weight excluding hydrogens is 464 g/mol. The Morgan fingerprint density at radius 1 is 0.833 bits per heavy atom. The van der Waals surface area contributed by atoms with Crippen LogP contribution in [0.1, 0.15) is 60.0 Å². The lowest BCUT2D eigenvalue weighted by Gasteiger charge is -2.22. The fourth-order valence-electron chi connectivity index (χ4n) is 3.84. The molecule has 1 N–H and O–H groups in total. The average molecular weight is 486 g/mol. The van der Waals surface area contributed by atoms with Crippen LogP contribution in [0.2, 0.25) is 0 Å². The predicted octanol–water partition coefficient (Wildman–Crippen LogP) is 3.63. The predicted molar refractivity (Wildman–Crippen MR) is 128 cm³/mol. The highest BCUT2D eigenvalue weighted by Gasteiger charge is 2.39. The molecule has 0 unspecified atom stereocenters. The molecule has 3 aromatic rings. The van der Waals surface area contributed by atoms with Crippen molar-refractivity contribution in [2.45, 2.75) is 13.0 Å². The number of esters is 2. The second-order valence-electron chi connectivity index (χ2n) is 8.02. The third kappa shape index (κ3) is 4.85. The molecule has 1 heterocycles. The van der Waals surface area contributed by atoms with Gasteiger partial charge in [-0.2, -0.15) is 0 Å². The van der Waals surface area contributed by atoms with Gasteiger partial charge in [0.25, 0.3) is 17.7 Å². The number of ether oxygens (including phenoxy) is 2. The van der Waals surface area contributed by atoms with E-state index in [-0.39, 0.29) is 16.7 Å². The number of hydrogen-bond donors (Lipinski definition) is 1. The van der Waals surface area contributed by atoms with Crippen molar-refractivity contribution < 1.29 is 33.4 Å². The summed E-state index contributed by atoms with van der Waals surface area (Å²) < 4.78 is 9.69. The number of methoxy groups -OCH3 is 1. The molecule has 0 spiro atoms. The zero-order chi connectivity index (χ0) is 25.8. The van der Waals surface area contributed by atoms with E-state index < -0.39 is 42.3 Å². The molecule has 0 aromatic heterocycles. The summed E-state index contributed by atoms with van der Waals surface area (Å²) in [6.07, 6.45) is 0. The zero-order valence-electron chi connectivity index (χ0n) is 19.5. The summed E-state index contributed by atoms with van der Waals surface area (Å²) in [7, 11) is 1.27. The number of fused-ring (bicyclic) bond motifs is 1. The third-order valence-corrected chi connectivity index (χ3v) is 5.75. The molecule has 0 aliphatic carbocycles. The van der Waals surface area contributed by atoms with Gasteiger partial charge in [-0.25, -0.2) is 9.59 Å². The second kappa shape index (κ2) is 10.2. The van der Waals surface area contributed by atoms with Crippen molar-refractivity contribution in [3.05, 3.63) is 101 Å². The van der Waals surface area contributed by atoms with Crippen molar-refractivity contribution in [3.8, 4) is 0 Å². The number of hydrogen-bond acceptors (Lipinski definition) is 7. The minimum Gasteiger partial charge on any atom is -0.465 e. The molecular formula is C27H22N2O7. The first-order valence-electron chi connectivity index (χ1n) is 11.0. The topological polar surface area (TPSA) is 119 Å². The first-order valence-corrected chi connectivity index (χ1v) is 11.0. The van der Waals surface area contributed by atoms with Crippen LogP contribution in [-0.2, 0) is 14.3 Å². The van der Waals surface area contributed by atoms with Gasteiger partial charge in [-0.05, 0) is 55.0 Å². The highest BCUT2D eigenvalue weighted by molar-refractivity contribution is 6.22. The number of nitrogens with one attached hydrogen (secondary N) is 1. The van der Waals surface area contributed by atoms with Gasteiger partial charge in [0.15, 0.2) is 6.61 Å². The van der Waals surface area contributed by atoms with E-state index in [0.717, 1.165) is 10.5 Å². The zero-order valence-corrected chi connectivity index (χ0v) is 19.5. The Balaban J connectivity index is 1.39. The minimum atomic E-state index is -0.816. The van der Waals surface area contributed by atoms with Crippen LogP contribution in [0.5, 0.6) is 0 Å². The van der Waals surface area contributed by atoms with E-state index in [1.807, 2.05) is 30.3 Å². The van der Waals surface area contributed by atoms with Crippen LogP contribution in [0, 0.1) is 0 Å². The summed E-state index contributed by atoms with van der Waals surface area (Å²) in [6.45, 7) is 1.19. The molecule has 0 saturated carbocycles. The molecule has 0 saturated heterocycles. The Bertz CT molecular complexity index is 1350. The molecule has 3 aromatic carbocycles. The lowest BCUT2D eigenvalue weighted by molar-refractivity contribution is -0.119. The summed E-state index contributed by atoms with van der Waals surface area (Å²) in [6, 6.07) is 18.8. The fourth-order valence-corrected chi connectivity index (χ4v) is 3.84. The van der Waals surface area contributed by atoms with Crippen LogP contribution >= 0.6 is 0 Å². The van der Waals surface area contributed by atoms with Crippen LogP contribution in [0.4, 0.5) is 5.69 Å². The van der Waals surface area contributed by atoms with Crippen LogP contribution in [0.25, 0.3) is 0 Å². The molecule has 9 heteroatoms. The standard InChI is InChI=1S/C27H22N2O7/c1-16(17-6-4-3-5-7-17)29-24(31)21-13-10-19(14-22(21)25(29)32)27(34)36-15-23(30)28-20-11-8-18(9-12-20)26(33)35-2/h3-14,16H,15H2,1-2H3,(H,28,30)/t16-/m0/s1. The molecule has 1 aliphatic rings. The van der Waals surface area contributed by atoms with Gasteiger partial charge >= 0.3 is 11.9 Å². The van der Waals surface area contributed by atoms with E-state index in [9.17, 15) is 24.0 Å². The maximum Gasteiger partial charge on any atom is 0.338 e. The Morgan fingerprint density at radius 3 is 2.14 bits per heavy atom. The van der Waals surface area contributed by atoms with Crippen molar-refractivity contribution in [2.75, 3.05) is 19.0 Å². The van der Waals surface area contributed by atoms with Crippen molar-refractivity contribution in [1.29, 1.82) is 0 Å². The summed E-state index contributed by atoms with van der Waals surface area (Å²) in [5.41, 5.74) is 1.87. The Kier molecular flexibility index (Phi) is 6.91. The third-order valence-electron chi connectivity index (χ3n) is 5.75. The maximum atomic E-state index is 13.0. The monoisotopic (exact) mass is 486 g/mol.